The second kappa shape index (κ2) is 7.10. The molecule has 0 spiro atoms. The van der Waals surface area contributed by atoms with Gasteiger partial charge in [-0.2, -0.15) is 0 Å². The highest BCUT2D eigenvalue weighted by Crippen LogP contribution is 2.40. The summed E-state index contributed by atoms with van der Waals surface area (Å²) in [6, 6.07) is 14.3. The standard InChI is InChI=1S/C22H26N2O2/c23-22(26)20-14-17-7-2-4-11-19(17)24(20)21(25)13-12-16-9-5-8-15-6-1-3-10-18(15)16/h1,3,5-6,8-10,17,19-20H,2,4,7,11-14H2,(H2,23,26)/t17-,19-,20-/m0/s1. The van der Waals surface area contributed by atoms with Crippen LogP contribution in [0.1, 0.15) is 44.1 Å². The van der Waals surface area contributed by atoms with Crippen molar-refractivity contribution in [2.45, 2.75) is 57.0 Å². The first-order valence-electron chi connectivity index (χ1n) is 9.72. The zero-order chi connectivity index (χ0) is 18.1. The molecule has 26 heavy (non-hydrogen) atoms. The molecule has 2 aliphatic rings. The number of amides is 2. The van der Waals surface area contributed by atoms with Gasteiger partial charge in [-0.25, -0.2) is 0 Å². The smallest absolute Gasteiger partial charge is 0.240 e. The molecule has 136 valence electrons. The zero-order valence-corrected chi connectivity index (χ0v) is 15.1. The number of fused-ring (bicyclic) bond motifs is 2. The van der Waals surface area contributed by atoms with Gasteiger partial charge in [-0.1, -0.05) is 55.3 Å². The SMILES string of the molecule is NC(=O)[C@@H]1C[C@@H]2CCCC[C@@H]2N1C(=O)CCc1cccc2ccccc12. The Morgan fingerprint density at radius 3 is 2.65 bits per heavy atom. The third-order valence-corrected chi connectivity index (χ3v) is 6.19. The second-order valence-electron chi connectivity index (χ2n) is 7.71. The summed E-state index contributed by atoms with van der Waals surface area (Å²) in [7, 11) is 0. The maximum absolute atomic E-state index is 13.0. The van der Waals surface area contributed by atoms with Gasteiger partial charge < -0.3 is 10.6 Å². The lowest BCUT2D eigenvalue weighted by atomic mass is 9.84. The first kappa shape index (κ1) is 17.1. The van der Waals surface area contributed by atoms with Crippen molar-refractivity contribution in [2.75, 3.05) is 0 Å². The Kier molecular flexibility index (Phi) is 4.66. The Hall–Kier alpha value is -2.36. The molecular weight excluding hydrogens is 324 g/mol. The number of carbonyl (C=O) groups excluding carboxylic acids is 2. The molecule has 2 amide bonds. The Bertz CT molecular complexity index is 827. The Balaban J connectivity index is 1.52. The Morgan fingerprint density at radius 2 is 1.81 bits per heavy atom. The minimum absolute atomic E-state index is 0.0798. The molecule has 0 bridgehead atoms. The lowest BCUT2D eigenvalue weighted by molar-refractivity contribution is -0.139. The van der Waals surface area contributed by atoms with E-state index in [2.05, 4.69) is 24.3 Å². The van der Waals surface area contributed by atoms with Crippen molar-refractivity contribution in [3.8, 4) is 0 Å². The molecule has 3 atom stereocenters. The van der Waals surface area contributed by atoms with Crippen LogP contribution in [0.4, 0.5) is 0 Å². The normalized spacial score (nSPS) is 25.2. The number of hydrogen-bond acceptors (Lipinski definition) is 2. The average molecular weight is 350 g/mol. The van der Waals surface area contributed by atoms with Crippen LogP contribution in [0.5, 0.6) is 0 Å². The van der Waals surface area contributed by atoms with Gasteiger partial charge in [-0.15, -0.1) is 0 Å². The van der Waals surface area contributed by atoms with Crippen molar-refractivity contribution in [3.05, 3.63) is 48.0 Å². The van der Waals surface area contributed by atoms with E-state index in [1.807, 2.05) is 23.1 Å². The second-order valence-corrected chi connectivity index (χ2v) is 7.71. The minimum Gasteiger partial charge on any atom is -0.368 e. The highest BCUT2D eigenvalue weighted by molar-refractivity contribution is 5.89. The van der Waals surface area contributed by atoms with Crippen LogP contribution in [0.25, 0.3) is 10.8 Å². The van der Waals surface area contributed by atoms with E-state index < -0.39 is 6.04 Å². The van der Waals surface area contributed by atoms with Gasteiger partial charge in [0.1, 0.15) is 6.04 Å². The van der Waals surface area contributed by atoms with Gasteiger partial charge in [0.25, 0.3) is 0 Å². The van der Waals surface area contributed by atoms with Gasteiger partial charge in [0.2, 0.25) is 11.8 Å². The molecule has 4 nitrogen and oxygen atoms in total. The molecule has 2 N–H and O–H groups in total. The fourth-order valence-electron chi connectivity index (χ4n) is 4.95. The van der Waals surface area contributed by atoms with E-state index in [1.165, 1.54) is 22.8 Å². The maximum Gasteiger partial charge on any atom is 0.240 e. The van der Waals surface area contributed by atoms with E-state index in [1.54, 1.807) is 0 Å². The van der Waals surface area contributed by atoms with Gasteiger partial charge in [-0.3, -0.25) is 9.59 Å². The molecule has 4 rings (SSSR count). The topological polar surface area (TPSA) is 63.4 Å². The number of carbonyl (C=O) groups is 2. The van der Waals surface area contributed by atoms with E-state index in [4.69, 9.17) is 5.73 Å². The van der Waals surface area contributed by atoms with Crippen molar-refractivity contribution in [3.63, 3.8) is 0 Å². The molecule has 0 radical (unpaired) electrons. The fraction of sp³-hybridized carbons (Fsp3) is 0.455. The molecule has 0 unspecified atom stereocenters. The third kappa shape index (κ3) is 3.09. The Labute approximate surface area is 154 Å². The number of primary amides is 1. The number of nitrogens with zero attached hydrogens (tertiary/aromatic N) is 1. The molecule has 1 aliphatic carbocycles. The van der Waals surface area contributed by atoms with E-state index in [0.29, 0.717) is 18.8 Å². The zero-order valence-electron chi connectivity index (χ0n) is 15.1. The third-order valence-electron chi connectivity index (χ3n) is 6.19. The van der Waals surface area contributed by atoms with Crippen LogP contribution < -0.4 is 5.73 Å². The molecule has 2 aromatic carbocycles. The molecule has 4 heteroatoms. The number of aryl methyl sites for hydroxylation is 1. The van der Waals surface area contributed by atoms with Crippen LogP contribution in [0, 0.1) is 5.92 Å². The monoisotopic (exact) mass is 350 g/mol. The van der Waals surface area contributed by atoms with Gasteiger partial charge >= 0.3 is 0 Å². The first-order valence-corrected chi connectivity index (χ1v) is 9.72. The van der Waals surface area contributed by atoms with E-state index in [0.717, 1.165) is 25.7 Å². The quantitative estimate of drug-likeness (QED) is 0.918. The van der Waals surface area contributed by atoms with Gasteiger partial charge in [0.15, 0.2) is 0 Å². The number of hydrogen-bond donors (Lipinski definition) is 1. The molecule has 1 saturated heterocycles. The highest BCUT2D eigenvalue weighted by atomic mass is 16.2. The van der Waals surface area contributed by atoms with Crippen LogP contribution in [0.3, 0.4) is 0 Å². The minimum atomic E-state index is -0.414. The average Bonchev–Trinajstić information content (AvgIpc) is 3.06. The summed E-state index contributed by atoms with van der Waals surface area (Å²) in [4.78, 5) is 26.8. The molecule has 1 heterocycles. The lowest BCUT2D eigenvalue weighted by Crippen LogP contribution is -2.48. The van der Waals surface area contributed by atoms with E-state index in [9.17, 15) is 9.59 Å². The van der Waals surface area contributed by atoms with Crippen LogP contribution in [0.2, 0.25) is 0 Å². The maximum atomic E-state index is 13.0. The Morgan fingerprint density at radius 1 is 1.04 bits per heavy atom. The summed E-state index contributed by atoms with van der Waals surface area (Å²) in [5.74, 6) is 0.178. The van der Waals surface area contributed by atoms with Crippen LogP contribution in [-0.4, -0.2) is 28.8 Å². The van der Waals surface area contributed by atoms with Crippen molar-refractivity contribution in [2.24, 2.45) is 11.7 Å². The van der Waals surface area contributed by atoms with Crippen molar-refractivity contribution < 1.29 is 9.59 Å². The molecule has 1 aliphatic heterocycles. The van der Waals surface area contributed by atoms with Crippen LogP contribution in [0.15, 0.2) is 42.5 Å². The van der Waals surface area contributed by atoms with Crippen molar-refractivity contribution in [1.29, 1.82) is 0 Å². The summed E-state index contributed by atoms with van der Waals surface area (Å²) in [5.41, 5.74) is 6.82. The number of rotatable bonds is 4. The summed E-state index contributed by atoms with van der Waals surface area (Å²) in [6.07, 6.45) is 6.33. The van der Waals surface area contributed by atoms with Crippen molar-refractivity contribution >= 4 is 22.6 Å². The predicted molar refractivity (Wildman–Crippen MR) is 102 cm³/mol. The molecular formula is C22H26N2O2. The summed E-state index contributed by atoms with van der Waals surface area (Å²) < 4.78 is 0. The molecule has 2 aromatic rings. The number of nitrogens with two attached hydrogens (primary N) is 1. The number of benzene rings is 2. The van der Waals surface area contributed by atoms with E-state index >= 15 is 0 Å². The summed E-state index contributed by atoms with van der Waals surface area (Å²) >= 11 is 0. The van der Waals surface area contributed by atoms with E-state index in [-0.39, 0.29) is 17.9 Å². The lowest BCUT2D eigenvalue weighted by Gasteiger charge is -2.33. The van der Waals surface area contributed by atoms with Crippen molar-refractivity contribution in [1.82, 2.24) is 4.90 Å². The molecule has 2 fully saturated rings. The summed E-state index contributed by atoms with van der Waals surface area (Å²) in [5, 5.41) is 2.40. The van der Waals surface area contributed by atoms with Gasteiger partial charge in [-0.05, 0) is 47.9 Å². The first-order chi connectivity index (χ1) is 12.6. The molecule has 0 aromatic heterocycles. The van der Waals surface area contributed by atoms with Crippen LogP contribution >= 0.6 is 0 Å². The van der Waals surface area contributed by atoms with Crippen LogP contribution in [-0.2, 0) is 16.0 Å². The van der Waals surface area contributed by atoms with Gasteiger partial charge in [0, 0.05) is 12.5 Å². The molecule has 1 saturated carbocycles. The summed E-state index contributed by atoms with van der Waals surface area (Å²) in [6.45, 7) is 0. The van der Waals surface area contributed by atoms with Gasteiger partial charge in [0.05, 0.1) is 0 Å². The highest BCUT2D eigenvalue weighted by Gasteiger charge is 2.46. The number of likely N-dealkylation sites (tertiary alicyclic amines) is 1. The largest absolute Gasteiger partial charge is 0.368 e. The fourth-order valence-corrected chi connectivity index (χ4v) is 4.95. The predicted octanol–water partition coefficient (Wildman–Crippen LogP) is 3.42.